The number of nitrogens with one attached hydrogen (secondary N) is 2. The van der Waals surface area contributed by atoms with Gasteiger partial charge in [-0.2, -0.15) is 4.98 Å². The summed E-state index contributed by atoms with van der Waals surface area (Å²) in [6.45, 7) is 2.11. The molecule has 1 aliphatic rings. The van der Waals surface area contributed by atoms with E-state index >= 15 is 0 Å². The first-order valence-electron chi connectivity index (χ1n) is 7.42. The predicted molar refractivity (Wildman–Crippen MR) is 94.2 cm³/mol. The van der Waals surface area contributed by atoms with Gasteiger partial charge in [-0.25, -0.2) is 4.79 Å². The highest BCUT2D eigenvalue weighted by Crippen LogP contribution is 2.36. The summed E-state index contributed by atoms with van der Waals surface area (Å²) in [6.07, 6.45) is 1.82. The van der Waals surface area contributed by atoms with E-state index in [1.807, 2.05) is 12.1 Å². The van der Waals surface area contributed by atoms with Crippen LogP contribution in [0.5, 0.6) is 0 Å². The Balaban J connectivity index is 1.86. The van der Waals surface area contributed by atoms with Gasteiger partial charge in [-0.1, -0.05) is 39.7 Å². The zero-order chi connectivity index (χ0) is 16.3. The van der Waals surface area contributed by atoms with Crippen molar-refractivity contribution in [3.63, 3.8) is 0 Å². The summed E-state index contributed by atoms with van der Waals surface area (Å²) < 4.78 is 6.59. The maximum absolute atomic E-state index is 11.4. The van der Waals surface area contributed by atoms with Crippen molar-refractivity contribution in [1.82, 2.24) is 9.97 Å². The summed E-state index contributed by atoms with van der Waals surface area (Å²) in [5.74, 6) is 0.486. The van der Waals surface area contributed by atoms with Crippen molar-refractivity contribution in [3.8, 4) is 0 Å². The summed E-state index contributed by atoms with van der Waals surface area (Å²) in [5.41, 5.74) is 0.737. The number of aromatic nitrogens is 2. The minimum Gasteiger partial charge on any atom is -0.381 e. The lowest BCUT2D eigenvalue weighted by atomic mass is 9.74. The Morgan fingerprint density at radius 1 is 1.35 bits per heavy atom. The standard InChI is InChI=1S/C16H17BrClN3O2/c17-12-3-1-2-11(8-12)16(4-6-23-7-5-16)10-19-14-9-13(18)20-15(22)21-14/h1-3,8-9H,4-7,10H2,(H2,19,20,21,22). The number of halogens is 2. The molecule has 1 saturated heterocycles. The molecule has 0 saturated carbocycles. The maximum Gasteiger partial charge on any atom is 0.347 e. The monoisotopic (exact) mass is 397 g/mol. The molecule has 1 aromatic heterocycles. The van der Waals surface area contributed by atoms with Crippen molar-refractivity contribution >= 4 is 33.3 Å². The number of benzene rings is 1. The largest absolute Gasteiger partial charge is 0.381 e. The van der Waals surface area contributed by atoms with Crippen molar-refractivity contribution in [3.05, 3.63) is 56.0 Å². The van der Waals surface area contributed by atoms with Gasteiger partial charge in [0, 0.05) is 35.7 Å². The van der Waals surface area contributed by atoms with Gasteiger partial charge in [0.1, 0.15) is 11.0 Å². The second kappa shape index (κ2) is 7.03. The van der Waals surface area contributed by atoms with Crippen molar-refractivity contribution in [2.75, 3.05) is 25.1 Å². The molecule has 1 aromatic carbocycles. The van der Waals surface area contributed by atoms with E-state index in [1.165, 1.54) is 5.56 Å². The minimum absolute atomic E-state index is 0.0568. The number of anilines is 1. The lowest BCUT2D eigenvalue weighted by Gasteiger charge is -2.38. The number of hydrogen-bond donors (Lipinski definition) is 2. The maximum atomic E-state index is 11.4. The molecule has 2 heterocycles. The fourth-order valence-electron chi connectivity index (χ4n) is 2.93. The van der Waals surface area contributed by atoms with Gasteiger partial charge in [-0.3, -0.25) is 4.98 Å². The van der Waals surface area contributed by atoms with E-state index in [-0.39, 0.29) is 10.6 Å². The topological polar surface area (TPSA) is 67.0 Å². The molecule has 1 aliphatic heterocycles. The molecule has 2 aromatic rings. The van der Waals surface area contributed by atoms with E-state index in [1.54, 1.807) is 6.07 Å². The Bertz CT molecular complexity index is 744. The Morgan fingerprint density at radius 2 is 2.13 bits per heavy atom. The van der Waals surface area contributed by atoms with Crippen molar-refractivity contribution in [2.24, 2.45) is 0 Å². The summed E-state index contributed by atoms with van der Waals surface area (Å²) in [7, 11) is 0. The molecule has 1 fully saturated rings. The summed E-state index contributed by atoms with van der Waals surface area (Å²) >= 11 is 9.42. The Labute approximate surface area is 147 Å². The average molecular weight is 399 g/mol. The molecule has 0 aliphatic carbocycles. The molecule has 0 atom stereocenters. The van der Waals surface area contributed by atoms with Gasteiger partial charge in [-0.05, 0) is 30.5 Å². The molecule has 0 spiro atoms. The van der Waals surface area contributed by atoms with Crippen LogP contribution in [0, 0.1) is 0 Å². The number of H-pyrrole nitrogens is 1. The second-order valence-electron chi connectivity index (χ2n) is 5.68. The highest BCUT2D eigenvalue weighted by Gasteiger charge is 2.34. The van der Waals surface area contributed by atoms with Crippen LogP contribution in [0.3, 0.4) is 0 Å². The molecule has 23 heavy (non-hydrogen) atoms. The fraction of sp³-hybridized carbons (Fsp3) is 0.375. The van der Waals surface area contributed by atoms with Crippen LogP contribution in [0.25, 0.3) is 0 Å². The molecule has 0 amide bonds. The van der Waals surface area contributed by atoms with Gasteiger partial charge >= 0.3 is 5.69 Å². The second-order valence-corrected chi connectivity index (χ2v) is 7.00. The number of rotatable bonds is 4. The first-order chi connectivity index (χ1) is 11.1. The first kappa shape index (κ1) is 16.5. The lowest BCUT2D eigenvalue weighted by molar-refractivity contribution is 0.0543. The SMILES string of the molecule is O=c1nc(NCC2(c3cccc(Br)c3)CCOCC2)cc(Cl)[nH]1. The van der Waals surface area contributed by atoms with Crippen LogP contribution in [0.2, 0.25) is 5.15 Å². The van der Waals surface area contributed by atoms with E-state index in [2.05, 4.69) is 43.3 Å². The third kappa shape index (κ3) is 3.94. The highest BCUT2D eigenvalue weighted by molar-refractivity contribution is 9.10. The van der Waals surface area contributed by atoms with Crippen LogP contribution in [0.15, 0.2) is 39.6 Å². The van der Waals surface area contributed by atoms with E-state index < -0.39 is 5.69 Å². The fourth-order valence-corrected chi connectivity index (χ4v) is 3.51. The van der Waals surface area contributed by atoms with E-state index in [0.717, 1.165) is 30.5 Å². The average Bonchev–Trinajstić information content (AvgIpc) is 2.53. The lowest BCUT2D eigenvalue weighted by Crippen LogP contribution is -2.40. The number of ether oxygens (including phenoxy) is 1. The zero-order valence-electron chi connectivity index (χ0n) is 12.4. The van der Waals surface area contributed by atoms with Crippen LogP contribution in [-0.4, -0.2) is 29.7 Å². The van der Waals surface area contributed by atoms with Crippen molar-refractivity contribution in [2.45, 2.75) is 18.3 Å². The molecule has 0 radical (unpaired) electrons. The van der Waals surface area contributed by atoms with E-state index in [4.69, 9.17) is 16.3 Å². The molecule has 7 heteroatoms. The zero-order valence-corrected chi connectivity index (χ0v) is 14.8. The summed E-state index contributed by atoms with van der Waals surface area (Å²) in [6, 6.07) is 9.96. The molecule has 5 nitrogen and oxygen atoms in total. The van der Waals surface area contributed by atoms with Crippen molar-refractivity contribution < 1.29 is 4.74 Å². The van der Waals surface area contributed by atoms with Gasteiger partial charge in [0.15, 0.2) is 0 Å². The molecule has 122 valence electrons. The minimum atomic E-state index is -0.455. The van der Waals surface area contributed by atoms with E-state index in [9.17, 15) is 4.79 Å². The van der Waals surface area contributed by atoms with Crippen LogP contribution >= 0.6 is 27.5 Å². The van der Waals surface area contributed by atoms with Gasteiger partial charge in [0.25, 0.3) is 0 Å². The van der Waals surface area contributed by atoms with Crippen LogP contribution in [0.1, 0.15) is 18.4 Å². The van der Waals surface area contributed by atoms with Crippen LogP contribution < -0.4 is 11.0 Å². The molecule has 0 bridgehead atoms. The normalized spacial score (nSPS) is 17.0. The Kier molecular flexibility index (Phi) is 5.04. The number of aromatic amines is 1. The summed E-state index contributed by atoms with van der Waals surface area (Å²) in [4.78, 5) is 17.8. The molecule has 3 rings (SSSR count). The van der Waals surface area contributed by atoms with Gasteiger partial charge in [0.05, 0.1) is 0 Å². The predicted octanol–water partition coefficient (Wildman–Crippen LogP) is 3.35. The Hall–Kier alpha value is -1.37. The third-order valence-electron chi connectivity index (χ3n) is 4.21. The van der Waals surface area contributed by atoms with Crippen LogP contribution in [-0.2, 0) is 10.2 Å². The molecule has 0 unspecified atom stereocenters. The van der Waals surface area contributed by atoms with E-state index in [0.29, 0.717) is 12.4 Å². The van der Waals surface area contributed by atoms with Crippen LogP contribution in [0.4, 0.5) is 5.82 Å². The number of hydrogen-bond acceptors (Lipinski definition) is 4. The van der Waals surface area contributed by atoms with Gasteiger partial charge < -0.3 is 10.1 Å². The number of nitrogens with zero attached hydrogens (tertiary/aromatic N) is 1. The molecular weight excluding hydrogens is 382 g/mol. The van der Waals surface area contributed by atoms with Crippen molar-refractivity contribution in [1.29, 1.82) is 0 Å². The first-order valence-corrected chi connectivity index (χ1v) is 8.59. The molecular formula is C16H17BrClN3O2. The van der Waals surface area contributed by atoms with Gasteiger partial charge in [0.2, 0.25) is 0 Å². The smallest absolute Gasteiger partial charge is 0.347 e. The Morgan fingerprint density at radius 3 is 2.83 bits per heavy atom. The molecule has 2 N–H and O–H groups in total. The summed E-state index contributed by atoms with van der Waals surface area (Å²) in [5, 5.41) is 3.54. The highest BCUT2D eigenvalue weighted by atomic mass is 79.9. The quantitative estimate of drug-likeness (QED) is 0.775. The van der Waals surface area contributed by atoms with Gasteiger partial charge in [-0.15, -0.1) is 0 Å². The third-order valence-corrected chi connectivity index (χ3v) is 4.90.